The van der Waals surface area contributed by atoms with Crippen molar-refractivity contribution < 1.29 is 14.4 Å². The molecule has 1 amide bonds. The zero-order chi connectivity index (χ0) is 15.4. The summed E-state index contributed by atoms with van der Waals surface area (Å²) in [6.07, 6.45) is 4.25. The topological polar surface area (TPSA) is 125 Å². The zero-order valence-electron chi connectivity index (χ0n) is 11.3. The molecule has 2 aromatic heterocycles. The molecule has 0 aliphatic heterocycles. The predicted octanol–water partition coefficient (Wildman–Crippen LogP) is -0.537. The molecule has 0 spiro atoms. The molecular formula is C12H10BN5O3. The summed E-state index contributed by atoms with van der Waals surface area (Å²) in [4.78, 5) is 19.8. The number of hydrogen-bond donors (Lipinski definition) is 2. The highest BCUT2D eigenvalue weighted by molar-refractivity contribution is 6.31. The van der Waals surface area contributed by atoms with Crippen LogP contribution in [0.5, 0.6) is 0 Å². The van der Waals surface area contributed by atoms with Crippen molar-refractivity contribution in [1.82, 2.24) is 15.1 Å². The number of aliphatic hydroxyl groups is 1. The summed E-state index contributed by atoms with van der Waals surface area (Å²) in [5.41, 5.74) is 0.518. The van der Waals surface area contributed by atoms with E-state index in [1.165, 1.54) is 18.6 Å². The fourth-order valence-electron chi connectivity index (χ4n) is 1.49. The Labute approximate surface area is 120 Å². The van der Waals surface area contributed by atoms with E-state index in [-0.39, 0.29) is 11.5 Å². The Balaban J connectivity index is 2.29. The minimum Gasteiger partial charge on any atom is -0.506 e. The van der Waals surface area contributed by atoms with Crippen LogP contribution < -0.4 is 10.8 Å². The van der Waals surface area contributed by atoms with Gasteiger partial charge in [-0.3, -0.25) is 10.1 Å². The third kappa shape index (κ3) is 3.06. The molecule has 0 aliphatic carbocycles. The summed E-state index contributed by atoms with van der Waals surface area (Å²) in [5, 5.41) is 24.9. The van der Waals surface area contributed by atoms with E-state index in [0.717, 1.165) is 5.46 Å². The van der Waals surface area contributed by atoms with Crippen molar-refractivity contribution in [3.05, 3.63) is 35.5 Å². The number of amides is 1. The third-order valence-electron chi connectivity index (χ3n) is 2.59. The molecule has 0 aromatic carbocycles. The largest absolute Gasteiger partial charge is 0.506 e. The highest BCUT2D eigenvalue weighted by Crippen LogP contribution is 2.19. The molecule has 0 atom stereocenters. The van der Waals surface area contributed by atoms with Crippen LogP contribution in [0.1, 0.15) is 11.3 Å². The Bertz CT molecular complexity index is 745. The molecule has 2 N–H and O–H groups in total. The quantitative estimate of drug-likeness (QED) is 0.335. The molecule has 2 rings (SSSR count). The maximum atomic E-state index is 12.0. The van der Waals surface area contributed by atoms with E-state index in [4.69, 9.17) is 9.78 Å². The molecule has 0 saturated heterocycles. The highest BCUT2D eigenvalue weighted by atomic mass is 16.5. The van der Waals surface area contributed by atoms with Crippen molar-refractivity contribution >= 4 is 30.9 Å². The van der Waals surface area contributed by atoms with Gasteiger partial charge in [0.05, 0.1) is 11.8 Å². The van der Waals surface area contributed by atoms with Crippen molar-refractivity contribution in [2.75, 3.05) is 5.32 Å². The molecule has 0 bridgehead atoms. The third-order valence-corrected chi connectivity index (χ3v) is 2.59. The van der Waals surface area contributed by atoms with Gasteiger partial charge in [-0.15, -0.1) is 0 Å². The van der Waals surface area contributed by atoms with Gasteiger partial charge in [-0.05, 0) is 6.92 Å². The van der Waals surface area contributed by atoms with E-state index in [9.17, 15) is 9.90 Å². The lowest BCUT2D eigenvalue weighted by molar-refractivity contribution is -0.112. The summed E-state index contributed by atoms with van der Waals surface area (Å²) >= 11 is 0. The molecule has 2 heterocycles. The summed E-state index contributed by atoms with van der Waals surface area (Å²) in [6, 6.07) is 1.64. The normalized spacial score (nSPS) is 11.4. The first-order chi connectivity index (χ1) is 10.0. The first-order valence-electron chi connectivity index (χ1n) is 5.88. The molecule has 104 valence electrons. The average Bonchev–Trinajstić information content (AvgIpc) is 2.88. The highest BCUT2D eigenvalue weighted by Gasteiger charge is 2.20. The fourth-order valence-corrected chi connectivity index (χ4v) is 1.49. The molecule has 0 saturated carbocycles. The molecule has 8 nitrogen and oxygen atoms in total. The Hall–Kier alpha value is -3.15. The van der Waals surface area contributed by atoms with Crippen LogP contribution in [-0.2, 0) is 4.79 Å². The van der Waals surface area contributed by atoms with Gasteiger partial charge < -0.3 is 9.63 Å². The van der Waals surface area contributed by atoms with Crippen molar-refractivity contribution in [3.8, 4) is 6.07 Å². The summed E-state index contributed by atoms with van der Waals surface area (Å²) in [7, 11) is 1.80. The number of rotatable bonds is 3. The van der Waals surface area contributed by atoms with Crippen LogP contribution in [0.3, 0.4) is 0 Å². The van der Waals surface area contributed by atoms with E-state index in [2.05, 4.69) is 20.4 Å². The number of nitriles is 1. The molecule has 0 fully saturated rings. The Morgan fingerprint density at radius 3 is 2.62 bits per heavy atom. The van der Waals surface area contributed by atoms with Crippen LogP contribution >= 0.6 is 0 Å². The Morgan fingerprint density at radius 2 is 2.10 bits per heavy atom. The van der Waals surface area contributed by atoms with Crippen molar-refractivity contribution in [1.29, 1.82) is 5.26 Å². The number of aliphatic hydroxyl groups excluding tert-OH is 1. The minimum atomic E-state index is -0.820. The van der Waals surface area contributed by atoms with Gasteiger partial charge in [-0.2, -0.15) is 5.26 Å². The number of aromatic nitrogens is 3. The first kappa shape index (κ1) is 14.3. The first-order valence-corrected chi connectivity index (χ1v) is 5.88. The molecule has 2 aromatic rings. The summed E-state index contributed by atoms with van der Waals surface area (Å²) in [5.74, 6) is -1.01. The molecule has 0 unspecified atom stereocenters. The van der Waals surface area contributed by atoms with E-state index < -0.39 is 17.2 Å². The smallest absolute Gasteiger partial charge is 0.272 e. The second kappa shape index (κ2) is 5.87. The fraction of sp³-hybridized carbons (Fsp3) is 0.0833. The van der Waals surface area contributed by atoms with Crippen LogP contribution in [0.15, 0.2) is 28.7 Å². The van der Waals surface area contributed by atoms with Crippen LogP contribution in [0, 0.1) is 18.3 Å². The van der Waals surface area contributed by atoms with E-state index >= 15 is 0 Å². The van der Waals surface area contributed by atoms with Crippen LogP contribution in [-0.4, -0.2) is 34.0 Å². The number of hydrogen-bond acceptors (Lipinski definition) is 7. The van der Waals surface area contributed by atoms with Gasteiger partial charge in [0.2, 0.25) is 5.95 Å². The van der Waals surface area contributed by atoms with E-state index in [1.807, 2.05) is 0 Å². The maximum absolute atomic E-state index is 12.0. The number of carbonyl (C=O) groups excluding carboxylic acids is 1. The maximum Gasteiger partial charge on any atom is 0.272 e. The SMILES string of the molecule is Bc1cnc(NC(=O)/C(C#N)=C(\O)c2cnoc2C)nc1. The van der Waals surface area contributed by atoms with Crippen molar-refractivity contribution in [2.24, 2.45) is 0 Å². The Morgan fingerprint density at radius 1 is 1.43 bits per heavy atom. The number of anilines is 1. The van der Waals surface area contributed by atoms with Gasteiger partial charge in [0.25, 0.3) is 5.91 Å². The van der Waals surface area contributed by atoms with Gasteiger partial charge in [0.1, 0.15) is 19.7 Å². The second-order valence-electron chi connectivity index (χ2n) is 4.17. The second-order valence-corrected chi connectivity index (χ2v) is 4.17. The number of nitrogens with zero attached hydrogens (tertiary/aromatic N) is 4. The molecule has 9 heteroatoms. The lowest BCUT2D eigenvalue weighted by atomic mass is 10.0. The molecule has 0 radical (unpaired) electrons. The minimum absolute atomic E-state index is 0.0354. The summed E-state index contributed by atoms with van der Waals surface area (Å²) < 4.78 is 4.78. The van der Waals surface area contributed by atoms with Gasteiger partial charge in [-0.25, -0.2) is 9.97 Å². The monoisotopic (exact) mass is 283 g/mol. The van der Waals surface area contributed by atoms with Crippen LogP contribution in [0.25, 0.3) is 5.76 Å². The number of aryl methyl sites for hydroxylation is 1. The van der Waals surface area contributed by atoms with Gasteiger partial charge in [-0.1, -0.05) is 10.6 Å². The van der Waals surface area contributed by atoms with Gasteiger partial charge in [0.15, 0.2) is 11.3 Å². The van der Waals surface area contributed by atoms with E-state index in [1.54, 1.807) is 20.8 Å². The van der Waals surface area contributed by atoms with Crippen LogP contribution in [0.4, 0.5) is 5.95 Å². The lowest BCUT2D eigenvalue weighted by Gasteiger charge is -2.04. The molecular weight excluding hydrogens is 273 g/mol. The molecule has 0 aliphatic rings. The number of carbonyl (C=O) groups is 1. The average molecular weight is 283 g/mol. The van der Waals surface area contributed by atoms with Crippen molar-refractivity contribution in [3.63, 3.8) is 0 Å². The lowest BCUT2D eigenvalue weighted by Crippen LogP contribution is -2.18. The Kier molecular flexibility index (Phi) is 3.99. The molecule has 21 heavy (non-hydrogen) atoms. The van der Waals surface area contributed by atoms with Crippen molar-refractivity contribution in [2.45, 2.75) is 6.92 Å². The van der Waals surface area contributed by atoms with E-state index in [0.29, 0.717) is 5.76 Å². The predicted molar refractivity (Wildman–Crippen MR) is 75.2 cm³/mol. The van der Waals surface area contributed by atoms with Crippen LogP contribution in [0.2, 0.25) is 0 Å². The standard InChI is InChI=1S/C12H10BN5O3/c1-6-9(5-17-21-6)10(19)8(2-14)11(20)18-12-15-3-7(13)4-16-12/h3-5,19H,13H2,1H3,(H,15,16,18,20)/b10-8-. The number of nitrogens with one attached hydrogen (secondary N) is 1. The van der Waals surface area contributed by atoms with Gasteiger partial charge >= 0.3 is 0 Å². The van der Waals surface area contributed by atoms with Gasteiger partial charge in [0, 0.05) is 12.4 Å². The summed E-state index contributed by atoms with van der Waals surface area (Å²) in [6.45, 7) is 1.55. The zero-order valence-corrected chi connectivity index (χ0v) is 11.3.